The predicted molar refractivity (Wildman–Crippen MR) is 111 cm³/mol. The first-order valence-corrected chi connectivity index (χ1v) is 9.56. The van der Waals surface area contributed by atoms with Crippen LogP contribution in [0.1, 0.15) is 28.4 Å². The summed E-state index contributed by atoms with van der Waals surface area (Å²) in [6, 6.07) is 14.6. The number of thioether (sulfide) groups is 1. The monoisotopic (exact) mass is 398 g/mol. The van der Waals surface area contributed by atoms with Gasteiger partial charge < -0.3 is 4.74 Å². The Hall–Kier alpha value is -2.64. The number of hydrogen-bond acceptors (Lipinski definition) is 5. The number of methoxy groups -OCH3 is 1. The van der Waals surface area contributed by atoms with Crippen molar-refractivity contribution in [2.75, 3.05) is 7.11 Å². The lowest BCUT2D eigenvalue weighted by Gasteiger charge is -2.15. The zero-order valence-corrected chi connectivity index (χ0v) is 16.5. The van der Waals surface area contributed by atoms with Crippen LogP contribution in [-0.2, 0) is 11.2 Å². The first kappa shape index (κ1) is 19.1. The summed E-state index contributed by atoms with van der Waals surface area (Å²) in [6.07, 6.45) is 2.73. The highest BCUT2D eigenvalue weighted by Gasteiger charge is 2.33. The molecule has 0 aliphatic carbocycles. The molecule has 1 aliphatic rings. The van der Waals surface area contributed by atoms with Crippen molar-refractivity contribution in [3.8, 4) is 5.75 Å². The summed E-state index contributed by atoms with van der Waals surface area (Å²) in [5.74, 6) is -0.108. The molecule has 2 aromatic carbocycles. The van der Waals surface area contributed by atoms with E-state index in [4.69, 9.17) is 17.0 Å². The summed E-state index contributed by atoms with van der Waals surface area (Å²) in [6.45, 7) is 2.09. The molecule has 5 nitrogen and oxygen atoms in total. The molecule has 1 aliphatic heterocycles. The molecular formula is C20H18N2O3S2. The third kappa shape index (κ3) is 4.37. The van der Waals surface area contributed by atoms with Gasteiger partial charge in [-0.05, 0) is 60.1 Å². The first-order valence-electron chi connectivity index (χ1n) is 8.33. The Morgan fingerprint density at radius 3 is 2.44 bits per heavy atom. The van der Waals surface area contributed by atoms with E-state index in [1.54, 1.807) is 37.5 Å². The standard InChI is InChI=1S/C20H18N2O3S2/c1-3-13-4-6-14(7-5-13)12-17-19(24)22(20(26)27-17)21-18(23)15-8-10-16(25-2)11-9-15/h4-12H,3H2,1-2H3,(H,21,23)/b17-12+. The van der Waals surface area contributed by atoms with Gasteiger partial charge in [0.25, 0.3) is 11.8 Å². The van der Waals surface area contributed by atoms with Gasteiger partial charge in [-0.2, -0.15) is 5.01 Å². The molecule has 0 bridgehead atoms. The van der Waals surface area contributed by atoms with Gasteiger partial charge in [0.05, 0.1) is 12.0 Å². The first-order chi connectivity index (χ1) is 13.0. The maximum atomic E-state index is 12.6. The number of benzene rings is 2. The lowest BCUT2D eigenvalue weighted by atomic mass is 10.1. The molecule has 0 unspecified atom stereocenters. The second kappa shape index (κ2) is 8.37. The third-order valence-corrected chi connectivity index (χ3v) is 5.35. The molecule has 1 fully saturated rings. The van der Waals surface area contributed by atoms with Crippen molar-refractivity contribution in [1.82, 2.24) is 10.4 Å². The molecule has 0 aromatic heterocycles. The maximum Gasteiger partial charge on any atom is 0.285 e. The molecule has 0 spiro atoms. The van der Waals surface area contributed by atoms with E-state index in [9.17, 15) is 9.59 Å². The van der Waals surface area contributed by atoms with Crippen molar-refractivity contribution in [2.24, 2.45) is 0 Å². The molecule has 1 saturated heterocycles. The van der Waals surface area contributed by atoms with Gasteiger partial charge in [-0.3, -0.25) is 15.0 Å². The van der Waals surface area contributed by atoms with Gasteiger partial charge >= 0.3 is 0 Å². The maximum absolute atomic E-state index is 12.6. The number of ether oxygens (including phenoxy) is 1. The van der Waals surface area contributed by atoms with Gasteiger partial charge in [-0.25, -0.2) is 0 Å². The number of hydrazine groups is 1. The van der Waals surface area contributed by atoms with Crippen LogP contribution in [0.25, 0.3) is 6.08 Å². The van der Waals surface area contributed by atoms with E-state index in [0.29, 0.717) is 20.5 Å². The van der Waals surface area contributed by atoms with Crippen molar-refractivity contribution in [3.63, 3.8) is 0 Å². The summed E-state index contributed by atoms with van der Waals surface area (Å²) in [4.78, 5) is 25.5. The van der Waals surface area contributed by atoms with Crippen molar-refractivity contribution in [2.45, 2.75) is 13.3 Å². The third-order valence-electron chi connectivity index (χ3n) is 4.05. The van der Waals surface area contributed by atoms with Gasteiger partial charge in [0.1, 0.15) is 5.75 Å². The van der Waals surface area contributed by atoms with E-state index in [1.165, 1.54) is 5.56 Å². The highest BCUT2D eigenvalue weighted by Crippen LogP contribution is 2.31. The zero-order valence-electron chi connectivity index (χ0n) is 14.9. The largest absolute Gasteiger partial charge is 0.497 e. The second-order valence-electron chi connectivity index (χ2n) is 5.78. The van der Waals surface area contributed by atoms with Crippen LogP contribution in [0.3, 0.4) is 0 Å². The van der Waals surface area contributed by atoms with Crippen LogP contribution in [0.4, 0.5) is 0 Å². The van der Waals surface area contributed by atoms with Crippen LogP contribution in [0.15, 0.2) is 53.4 Å². The van der Waals surface area contributed by atoms with Crippen LogP contribution in [0.5, 0.6) is 5.75 Å². The highest BCUT2D eigenvalue weighted by molar-refractivity contribution is 8.26. The average Bonchev–Trinajstić information content (AvgIpc) is 2.96. The van der Waals surface area contributed by atoms with E-state index in [1.807, 2.05) is 24.3 Å². The van der Waals surface area contributed by atoms with Crippen LogP contribution < -0.4 is 10.2 Å². The smallest absolute Gasteiger partial charge is 0.285 e. The van der Waals surface area contributed by atoms with E-state index in [2.05, 4.69) is 12.3 Å². The minimum atomic E-state index is -0.414. The van der Waals surface area contributed by atoms with Crippen LogP contribution >= 0.6 is 24.0 Å². The summed E-state index contributed by atoms with van der Waals surface area (Å²) in [7, 11) is 1.55. The summed E-state index contributed by atoms with van der Waals surface area (Å²) in [5.41, 5.74) is 5.11. The minimum absolute atomic E-state index is 0.290. The number of hydrogen-bond donors (Lipinski definition) is 1. The lowest BCUT2D eigenvalue weighted by molar-refractivity contribution is -0.123. The Morgan fingerprint density at radius 1 is 1.19 bits per heavy atom. The Labute approximate surface area is 167 Å². The Morgan fingerprint density at radius 2 is 1.85 bits per heavy atom. The van der Waals surface area contributed by atoms with Gasteiger partial charge in [0.2, 0.25) is 0 Å². The highest BCUT2D eigenvalue weighted by atomic mass is 32.2. The number of thiocarbonyl (C=S) groups is 1. The van der Waals surface area contributed by atoms with Crippen LogP contribution in [0, 0.1) is 0 Å². The van der Waals surface area contributed by atoms with E-state index < -0.39 is 5.91 Å². The number of nitrogens with one attached hydrogen (secondary N) is 1. The molecular weight excluding hydrogens is 380 g/mol. The van der Waals surface area contributed by atoms with Crippen molar-refractivity contribution < 1.29 is 14.3 Å². The predicted octanol–water partition coefficient (Wildman–Crippen LogP) is 3.80. The number of nitrogens with zero attached hydrogens (tertiary/aromatic N) is 1. The molecule has 7 heteroatoms. The quantitative estimate of drug-likeness (QED) is 0.613. The van der Waals surface area contributed by atoms with Gasteiger partial charge in [-0.1, -0.05) is 43.0 Å². The second-order valence-corrected chi connectivity index (χ2v) is 7.46. The van der Waals surface area contributed by atoms with Gasteiger partial charge in [0.15, 0.2) is 4.32 Å². The van der Waals surface area contributed by atoms with Gasteiger partial charge in [0, 0.05) is 5.56 Å². The fourth-order valence-corrected chi connectivity index (χ4v) is 3.65. The summed E-state index contributed by atoms with van der Waals surface area (Å²) >= 11 is 6.41. The number of carbonyl (C=O) groups is 2. The summed E-state index contributed by atoms with van der Waals surface area (Å²) in [5, 5.41) is 1.11. The molecule has 138 valence electrons. The SMILES string of the molecule is CCc1ccc(/C=C2/SC(=S)N(NC(=O)c3ccc(OC)cc3)C2=O)cc1. The van der Waals surface area contributed by atoms with Crippen molar-refractivity contribution >= 4 is 46.2 Å². The minimum Gasteiger partial charge on any atom is -0.497 e. The molecule has 2 aromatic rings. The summed E-state index contributed by atoms with van der Waals surface area (Å²) < 4.78 is 5.36. The Balaban J connectivity index is 1.73. The normalized spacial score (nSPS) is 15.3. The molecule has 1 N–H and O–H groups in total. The van der Waals surface area contributed by atoms with Crippen LogP contribution in [0.2, 0.25) is 0 Å². The molecule has 2 amide bonds. The van der Waals surface area contributed by atoms with Gasteiger partial charge in [-0.15, -0.1) is 0 Å². The van der Waals surface area contributed by atoms with Crippen LogP contribution in [-0.4, -0.2) is 28.3 Å². The fourth-order valence-electron chi connectivity index (χ4n) is 2.47. The average molecular weight is 399 g/mol. The number of rotatable bonds is 5. The molecule has 0 atom stereocenters. The molecule has 3 rings (SSSR count). The molecule has 0 saturated carbocycles. The van der Waals surface area contributed by atoms with E-state index in [-0.39, 0.29) is 5.91 Å². The fraction of sp³-hybridized carbons (Fsp3) is 0.150. The zero-order chi connectivity index (χ0) is 19.4. The molecule has 0 radical (unpaired) electrons. The Kier molecular flexibility index (Phi) is 5.93. The molecule has 27 heavy (non-hydrogen) atoms. The number of amides is 2. The van der Waals surface area contributed by atoms with E-state index >= 15 is 0 Å². The molecule has 1 heterocycles. The topological polar surface area (TPSA) is 58.6 Å². The van der Waals surface area contributed by atoms with Crippen molar-refractivity contribution in [1.29, 1.82) is 0 Å². The number of carbonyl (C=O) groups excluding carboxylic acids is 2. The lowest BCUT2D eigenvalue weighted by Crippen LogP contribution is -2.44. The number of aryl methyl sites for hydroxylation is 1. The van der Waals surface area contributed by atoms with Crippen molar-refractivity contribution in [3.05, 3.63) is 70.1 Å². The van der Waals surface area contributed by atoms with E-state index in [0.717, 1.165) is 28.8 Å². The Bertz CT molecular complexity index is 906.